The number of sulfone groups is 1. The molecule has 104 valence electrons. The zero-order valence-electron chi connectivity index (χ0n) is 11.0. The van der Waals surface area contributed by atoms with Crippen LogP contribution in [0.1, 0.15) is 37.7 Å². The highest BCUT2D eigenvalue weighted by Crippen LogP contribution is 2.25. The summed E-state index contributed by atoms with van der Waals surface area (Å²) in [6.45, 7) is 0. The van der Waals surface area contributed by atoms with Gasteiger partial charge in [0.15, 0.2) is 15.6 Å². The number of Topliss-reactive ketones (excluding diaryl/α,β-unsaturated/α-hetero) is 1. The van der Waals surface area contributed by atoms with Gasteiger partial charge in [0.2, 0.25) is 0 Å². The van der Waals surface area contributed by atoms with Crippen molar-refractivity contribution in [1.82, 2.24) is 0 Å². The molecule has 0 unspecified atom stereocenters. The van der Waals surface area contributed by atoms with E-state index in [4.69, 9.17) is 0 Å². The van der Waals surface area contributed by atoms with Gasteiger partial charge in [-0.05, 0) is 18.4 Å². The number of benzene rings is 1. The summed E-state index contributed by atoms with van der Waals surface area (Å²) in [6, 6.07) is 9.04. The Bertz CT molecular complexity index is 514. The Labute approximate surface area is 114 Å². The predicted octanol–water partition coefficient (Wildman–Crippen LogP) is 2.75. The third-order valence-corrected chi connectivity index (χ3v) is 5.15. The number of hydrogen-bond donors (Lipinski definition) is 0. The SMILES string of the molecule is O=C(CS(=O)(=O)Cc1ccccc1)C1CCCCC1. The standard InChI is InChI=1S/C15H20O3S/c16-15(14-9-5-2-6-10-14)12-19(17,18)11-13-7-3-1-4-8-13/h1,3-4,7-8,14H,2,5-6,9-12H2. The highest BCUT2D eigenvalue weighted by molar-refractivity contribution is 7.91. The highest BCUT2D eigenvalue weighted by Gasteiger charge is 2.25. The average Bonchev–Trinajstić information content (AvgIpc) is 2.39. The van der Waals surface area contributed by atoms with Gasteiger partial charge in [-0.1, -0.05) is 49.6 Å². The molecule has 0 N–H and O–H groups in total. The topological polar surface area (TPSA) is 51.2 Å². The molecule has 0 saturated heterocycles. The second kappa shape index (κ2) is 6.33. The molecule has 0 heterocycles. The first kappa shape index (κ1) is 14.3. The molecule has 0 spiro atoms. The Morgan fingerprint density at radius 1 is 1.05 bits per heavy atom. The molecule has 0 atom stereocenters. The van der Waals surface area contributed by atoms with E-state index in [2.05, 4.69) is 0 Å². The Hall–Kier alpha value is -1.16. The Morgan fingerprint density at radius 2 is 1.68 bits per heavy atom. The average molecular weight is 280 g/mol. The summed E-state index contributed by atoms with van der Waals surface area (Å²) in [5.74, 6) is -0.450. The van der Waals surface area contributed by atoms with Crippen molar-refractivity contribution in [3.63, 3.8) is 0 Å². The maximum absolute atomic E-state index is 12.0. The fraction of sp³-hybridized carbons (Fsp3) is 0.533. The summed E-state index contributed by atoms with van der Waals surface area (Å²) in [6.07, 6.45) is 4.99. The van der Waals surface area contributed by atoms with Gasteiger partial charge in [-0.2, -0.15) is 0 Å². The molecule has 0 radical (unpaired) electrons. The van der Waals surface area contributed by atoms with Crippen molar-refractivity contribution in [3.05, 3.63) is 35.9 Å². The van der Waals surface area contributed by atoms with Gasteiger partial charge in [-0.25, -0.2) is 8.42 Å². The lowest BCUT2D eigenvalue weighted by atomic mass is 9.87. The fourth-order valence-electron chi connectivity index (χ4n) is 2.64. The largest absolute Gasteiger partial charge is 0.298 e. The molecule has 0 bridgehead atoms. The zero-order valence-corrected chi connectivity index (χ0v) is 11.9. The van der Waals surface area contributed by atoms with Crippen molar-refractivity contribution in [2.75, 3.05) is 5.75 Å². The van der Waals surface area contributed by atoms with Crippen LogP contribution in [0.2, 0.25) is 0 Å². The molecular formula is C15H20O3S. The van der Waals surface area contributed by atoms with E-state index in [1.165, 1.54) is 6.42 Å². The van der Waals surface area contributed by atoms with Crippen LogP contribution in [0.15, 0.2) is 30.3 Å². The first-order valence-corrected chi connectivity index (χ1v) is 8.66. The van der Waals surface area contributed by atoms with Gasteiger partial charge >= 0.3 is 0 Å². The van der Waals surface area contributed by atoms with Crippen molar-refractivity contribution in [3.8, 4) is 0 Å². The van der Waals surface area contributed by atoms with Gasteiger partial charge in [0.05, 0.1) is 5.75 Å². The monoisotopic (exact) mass is 280 g/mol. The second-order valence-corrected chi connectivity index (χ2v) is 7.38. The molecule has 3 nitrogen and oxygen atoms in total. The van der Waals surface area contributed by atoms with Crippen molar-refractivity contribution >= 4 is 15.6 Å². The zero-order chi connectivity index (χ0) is 13.7. The summed E-state index contributed by atoms with van der Waals surface area (Å²) in [4.78, 5) is 12.0. The van der Waals surface area contributed by atoms with E-state index >= 15 is 0 Å². The van der Waals surface area contributed by atoms with E-state index in [0.717, 1.165) is 31.2 Å². The summed E-state index contributed by atoms with van der Waals surface area (Å²) in [5, 5.41) is 0. The molecule has 1 saturated carbocycles. The Morgan fingerprint density at radius 3 is 2.32 bits per heavy atom. The normalized spacial score (nSPS) is 17.3. The van der Waals surface area contributed by atoms with E-state index in [1.54, 1.807) is 12.1 Å². The number of carbonyl (C=O) groups excluding carboxylic acids is 1. The summed E-state index contributed by atoms with van der Waals surface area (Å²) >= 11 is 0. The Balaban J connectivity index is 1.95. The molecule has 0 aliphatic heterocycles. The van der Waals surface area contributed by atoms with E-state index in [9.17, 15) is 13.2 Å². The molecule has 1 fully saturated rings. The molecule has 19 heavy (non-hydrogen) atoms. The van der Waals surface area contributed by atoms with Crippen molar-refractivity contribution < 1.29 is 13.2 Å². The molecule has 1 aromatic carbocycles. The van der Waals surface area contributed by atoms with Crippen LogP contribution < -0.4 is 0 Å². The minimum atomic E-state index is -3.33. The summed E-state index contributed by atoms with van der Waals surface area (Å²) in [5.41, 5.74) is 0.749. The molecule has 1 aliphatic carbocycles. The number of rotatable bonds is 5. The minimum absolute atomic E-state index is 0.0284. The molecule has 1 aromatic rings. The molecule has 0 amide bonds. The quantitative estimate of drug-likeness (QED) is 0.833. The van der Waals surface area contributed by atoms with Crippen molar-refractivity contribution in [2.24, 2.45) is 5.92 Å². The summed E-state index contributed by atoms with van der Waals surface area (Å²) in [7, 11) is -3.33. The predicted molar refractivity (Wildman–Crippen MR) is 75.5 cm³/mol. The van der Waals surface area contributed by atoms with Crippen LogP contribution in [0.5, 0.6) is 0 Å². The molecular weight excluding hydrogens is 260 g/mol. The number of hydrogen-bond acceptors (Lipinski definition) is 3. The van der Waals surface area contributed by atoms with Crippen LogP contribution in [-0.2, 0) is 20.4 Å². The number of ketones is 1. The first-order valence-electron chi connectivity index (χ1n) is 6.84. The molecule has 4 heteroatoms. The smallest absolute Gasteiger partial charge is 0.161 e. The van der Waals surface area contributed by atoms with Crippen molar-refractivity contribution in [1.29, 1.82) is 0 Å². The third-order valence-electron chi connectivity index (χ3n) is 3.65. The van der Waals surface area contributed by atoms with Crippen LogP contribution in [0.25, 0.3) is 0 Å². The third kappa shape index (κ3) is 4.46. The fourth-order valence-corrected chi connectivity index (χ4v) is 4.11. The molecule has 0 aromatic heterocycles. The Kier molecular flexibility index (Phi) is 4.75. The van der Waals surface area contributed by atoms with E-state index in [1.807, 2.05) is 18.2 Å². The maximum Gasteiger partial charge on any atom is 0.161 e. The van der Waals surface area contributed by atoms with Gasteiger partial charge in [-0.15, -0.1) is 0 Å². The highest BCUT2D eigenvalue weighted by atomic mass is 32.2. The van der Waals surface area contributed by atoms with E-state index in [-0.39, 0.29) is 23.2 Å². The van der Waals surface area contributed by atoms with Gasteiger partial charge in [-0.3, -0.25) is 4.79 Å². The van der Waals surface area contributed by atoms with Gasteiger partial charge in [0.1, 0.15) is 5.75 Å². The van der Waals surface area contributed by atoms with Crippen LogP contribution in [0.3, 0.4) is 0 Å². The lowest BCUT2D eigenvalue weighted by Gasteiger charge is -2.20. The van der Waals surface area contributed by atoms with Crippen molar-refractivity contribution in [2.45, 2.75) is 37.9 Å². The van der Waals surface area contributed by atoms with Gasteiger partial charge < -0.3 is 0 Å². The van der Waals surface area contributed by atoms with Crippen LogP contribution >= 0.6 is 0 Å². The van der Waals surface area contributed by atoms with E-state index < -0.39 is 9.84 Å². The molecule has 1 aliphatic rings. The van der Waals surface area contributed by atoms with Crippen LogP contribution in [0.4, 0.5) is 0 Å². The lowest BCUT2D eigenvalue weighted by molar-refractivity contribution is -0.121. The van der Waals surface area contributed by atoms with Gasteiger partial charge in [0.25, 0.3) is 0 Å². The second-order valence-electron chi connectivity index (χ2n) is 5.32. The minimum Gasteiger partial charge on any atom is -0.298 e. The maximum atomic E-state index is 12.0. The number of carbonyl (C=O) groups is 1. The van der Waals surface area contributed by atoms with Crippen LogP contribution in [0, 0.1) is 5.92 Å². The van der Waals surface area contributed by atoms with Crippen LogP contribution in [-0.4, -0.2) is 20.0 Å². The summed E-state index contributed by atoms with van der Waals surface area (Å²) < 4.78 is 24.1. The van der Waals surface area contributed by atoms with E-state index in [0.29, 0.717) is 0 Å². The van der Waals surface area contributed by atoms with Gasteiger partial charge in [0, 0.05) is 5.92 Å². The lowest BCUT2D eigenvalue weighted by Crippen LogP contribution is -2.26. The first-order chi connectivity index (χ1) is 9.07. The molecule has 2 rings (SSSR count).